The minimum atomic E-state index is -0.446. The Morgan fingerprint density at radius 3 is 2.93 bits per heavy atom. The minimum absolute atomic E-state index is 0.00398. The van der Waals surface area contributed by atoms with Gasteiger partial charge >= 0.3 is 0 Å². The molecule has 76 valence electrons. The molecule has 0 aromatic heterocycles. The summed E-state index contributed by atoms with van der Waals surface area (Å²) in [5, 5.41) is 9.38. The smallest absolute Gasteiger partial charge is 0.115 e. The van der Waals surface area contributed by atoms with E-state index in [-0.39, 0.29) is 11.8 Å². The van der Waals surface area contributed by atoms with Gasteiger partial charge in [-0.3, -0.25) is 0 Å². The van der Waals surface area contributed by atoms with E-state index in [0.29, 0.717) is 6.61 Å². The van der Waals surface area contributed by atoms with Crippen molar-refractivity contribution >= 4 is 0 Å². The summed E-state index contributed by atoms with van der Waals surface area (Å²) in [4.78, 5) is 0. The standard InChI is InChI=1S/C11H15NO2/c1-11(10(12)5-6-14-11)8-3-2-4-9(13)7-8/h2-4,7,10,13H,5-6,12H2,1H3. The molecule has 3 N–H and O–H groups in total. The third-order valence-corrected chi connectivity index (χ3v) is 2.96. The van der Waals surface area contributed by atoms with Crippen molar-refractivity contribution in [3.05, 3.63) is 29.8 Å². The van der Waals surface area contributed by atoms with Crippen LogP contribution in [0.5, 0.6) is 5.75 Å². The Hall–Kier alpha value is -1.06. The second kappa shape index (κ2) is 3.26. The van der Waals surface area contributed by atoms with Crippen molar-refractivity contribution in [3.63, 3.8) is 0 Å². The fourth-order valence-electron chi connectivity index (χ4n) is 1.89. The van der Waals surface area contributed by atoms with E-state index < -0.39 is 5.60 Å². The van der Waals surface area contributed by atoms with E-state index in [2.05, 4.69) is 0 Å². The first-order valence-corrected chi connectivity index (χ1v) is 4.82. The predicted octanol–water partition coefficient (Wildman–Crippen LogP) is 1.35. The van der Waals surface area contributed by atoms with Gasteiger partial charge in [0.05, 0.1) is 0 Å². The van der Waals surface area contributed by atoms with Crippen molar-refractivity contribution in [2.45, 2.75) is 25.0 Å². The zero-order valence-corrected chi connectivity index (χ0v) is 8.23. The number of aromatic hydroxyl groups is 1. The van der Waals surface area contributed by atoms with Crippen LogP contribution in [0.1, 0.15) is 18.9 Å². The second-order valence-corrected chi connectivity index (χ2v) is 3.90. The van der Waals surface area contributed by atoms with Crippen LogP contribution in [0, 0.1) is 0 Å². The van der Waals surface area contributed by atoms with Crippen LogP contribution in [0.3, 0.4) is 0 Å². The van der Waals surface area contributed by atoms with E-state index in [4.69, 9.17) is 10.5 Å². The molecule has 2 atom stereocenters. The zero-order valence-electron chi connectivity index (χ0n) is 8.23. The highest BCUT2D eigenvalue weighted by Gasteiger charge is 2.39. The molecular formula is C11H15NO2. The molecule has 14 heavy (non-hydrogen) atoms. The first-order chi connectivity index (χ1) is 6.63. The Bertz CT molecular complexity index is 340. The van der Waals surface area contributed by atoms with Crippen molar-refractivity contribution in [3.8, 4) is 5.75 Å². The third kappa shape index (κ3) is 1.38. The highest BCUT2D eigenvalue weighted by atomic mass is 16.5. The predicted molar refractivity (Wildman–Crippen MR) is 54.0 cm³/mol. The molecule has 0 aliphatic carbocycles. The van der Waals surface area contributed by atoms with E-state index in [1.165, 1.54) is 0 Å². The van der Waals surface area contributed by atoms with Gasteiger partial charge < -0.3 is 15.6 Å². The van der Waals surface area contributed by atoms with Crippen LogP contribution in [0.2, 0.25) is 0 Å². The van der Waals surface area contributed by atoms with Gasteiger partial charge in [0.1, 0.15) is 11.4 Å². The molecule has 2 rings (SSSR count). The van der Waals surface area contributed by atoms with Gasteiger partial charge in [-0.25, -0.2) is 0 Å². The fourth-order valence-corrected chi connectivity index (χ4v) is 1.89. The maximum atomic E-state index is 9.38. The fraction of sp³-hybridized carbons (Fsp3) is 0.455. The maximum absolute atomic E-state index is 9.38. The van der Waals surface area contributed by atoms with Crippen molar-refractivity contribution in [1.82, 2.24) is 0 Å². The molecular weight excluding hydrogens is 178 g/mol. The van der Waals surface area contributed by atoms with Crippen LogP contribution in [0.4, 0.5) is 0 Å². The van der Waals surface area contributed by atoms with Crippen molar-refractivity contribution in [2.75, 3.05) is 6.61 Å². The molecule has 0 spiro atoms. The number of hydrogen-bond acceptors (Lipinski definition) is 3. The van der Waals surface area contributed by atoms with E-state index in [0.717, 1.165) is 12.0 Å². The number of ether oxygens (including phenoxy) is 1. The second-order valence-electron chi connectivity index (χ2n) is 3.90. The van der Waals surface area contributed by atoms with E-state index in [1.54, 1.807) is 12.1 Å². The summed E-state index contributed by atoms with van der Waals surface area (Å²) in [5.74, 6) is 0.256. The topological polar surface area (TPSA) is 55.5 Å². The molecule has 1 aliphatic rings. The van der Waals surface area contributed by atoms with Crippen molar-refractivity contribution < 1.29 is 9.84 Å². The number of phenols is 1. The Morgan fingerprint density at radius 2 is 2.36 bits per heavy atom. The lowest BCUT2D eigenvalue weighted by Crippen LogP contribution is -2.39. The Kier molecular flexibility index (Phi) is 2.21. The summed E-state index contributed by atoms with van der Waals surface area (Å²) in [6.45, 7) is 2.66. The van der Waals surface area contributed by atoms with Gasteiger partial charge in [-0.15, -0.1) is 0 Å². The molecule has 3 nitrogen and oxygen atoms in total. The van der Waals surface area contributed by atoms with Crippen molar-refractivity contribution in [2.24, 2.45) is 5.73 Å². The van der Waals surface area contributed by atoms with Gasteiger partial charge in [-0.05, 0) is 31.0 Å². The summed E-state index contributed by atoms with van der Waals surface area (Å²) in [6.07, 6.45) is 0.867. The molecule has 0 saturated carbocycles. The van der Waals surface area contributed by atoms with E-state index in [1.807, 2.05) is 19.1 Å². The lowest BCUT2D eigenvalue weighted by Gasteiger charge is -2.28. The van der Waals surface area contributed by atoms with Gasteiger partial charge in [-0.1, -0.05) is 12.1 Å². The number of benzene rings is 1. The van der Waals surface area contributed by atoms with Crippen LogP contribution in [-0.2, 0) is 10.3 Å². The molecule has 2 unspecified atom stereocenters. The molecule has 1 aromatic rings. The number of rotatable bonds is 1. The Labute approximate surface area is 83.5 Å². The van der Waals surface area contributed by atoms with Gasteiger partial charge in [-0.2, -0.15) is 0 Å². The molecule has 3 heteroatoms. The first-order valence-electron chi connectivity index (χ1n) is 4.82. The molecule has 1 heterocycles. The van der Waals surface area contributed by atoms with E-state index in [9.17, 15) is 5.11 Å². The van der Waals surface area contributed by atoms with Gasteiger partial charge in [0.15, 0.2) is 0 Å². The Morgan fingerprint density at radius 1 is 1.57 bits per heavy atom. The minimum Gasteiger partial charge on any atom is -0.508 e. The zero-order chi connectivity index (χ0) is 10.2. The SMILES string of the molecule is CC1(c2cccc(O)c2)OCCC1N. The lowest BCUT2D eigenvalue weighted by atomic mass is 9.89. The van der Waals surface area contributed by atoms with Crippen LogP contribution in [-0.4, -0.2) is 17.8 Å². The molecule has 0 bridgehead atoms. The average molecular weight is 193 g/mol. The largest absolute Gasteiger partial charge is 0.508 e. The van der Waals surface area contributed by atoms with Gasteiger partial charge in [0, 0.05) is 12.6 Å². The molecule has 1 saturated heterocycles. The summed E-state index contributed by atoms with van der Waals surface area (Å²) in [6, 6.07) is 7.11. The Balaban J connectivity index is 2.38. The summed E-state index contributed by atoms with van der Waals surface area (Å²) >= 11 is 0. The lowest BCUT2D eigenvalue weighted by molar-refractivity contribution is 0.00790. The average Bonchev–Trinajstić information content (AvgIpc) is 2.49. The molecule has 0 radical (unpaired) electrons. The number of phenolic OH excluding ortho intramolecular Hbond substituents is 1. The maximum Gasteiger partial charge on any atom is 0.115 e. The van der Waals surface area contributed by atoms with E-state index >= 15 is 0 Å². The summed E-state index contributed by atoms with van der Waals surface area (Å²) in [5.41, 5.74) is 6.49. The number of hydrogen-bond donors (Lipinski definition) is 2. The summed E-state index contributed by atoms with van der Waals surface area (Å²) in [7, 11) is 0. The van der Waals surface area contributed by atoms with Crippen LogP contribution in [0.25, 0.3) is 0 Å². The molecule has 1 aromatic carbocycles. The monoisotopic (exact) mass is 193 g/mol. The van der Waals surface area contributed by atoms with Crippen LogP contribution in [0.15, 0.2) is 24.3 Å². The molecule has 0 amide bonds. The van der Waals surface area contributed by atoms with Gasteiger partial charge in [0.25, 0.3) is 0 Å². The third-order valence-electron chi connectivity index (χ3n) is 2.96. The highest BCUT2D eigenvalue weighted by molar-refractivity contribution is 5.32. The quantitative estimate of drug-likeness (QED) is 0.708. The highest BCUT2D eigenvalue weighted by Crippen LogP contribution is 2.35. The number of nitrogens with two attached hydrogens (primary N) is 1. The van der Waals surface area contributed by atoms with Crippen molar-refractivity contribution in [1.29, 1.82) is 0 Å². The van der Waals surface area contributed by atoms with Crippen LogP contribution >= 0.6 is 0 Å². The van der Waals surface area contributed by atoms with Crippen LogP contribution < -0.4 is 5.73 Å². The molecule has 1 aliphatic heterocycles. The molecule has 1 fully saturated rings. The normalized spacial score (nSPS) is 32.0. The summed E-state index contributed by atoms with van der Waals surface area (Å²) < 4.78 is 5.66. The van der Waals surface area contributed by atoms with Gasteiger partial charge in [0.2, 0.25) is 0 Å². The first kappa shape index (κ1) is 9.49.